The van der Waals surface area contributed by atoms with Crippen LogP contribution in [-0.2, 0) is 9.59 Å². The Morgan fingerprint density at radius 3 is 2.75 bits per heavy atom. The van der Waals surface area contributed by atoms with Gasteiger partial charge < -0.3 is 15.7 Å². The molecule has 3 N–H and O–H groups in total. The first-order valence-electron chi connectivity index (χ1n) is 6.73. The van der Waals surface area contributed by atoms with E-state index in [0.717, 1.165) is 17.7 Å². The number of carbonyl (C=O) groups is 2. The molecule has 1 aromatic rings. The van der Waals surface area contributed by atoms with Crippen LogP contribution in [0.5, 0.6) is 0 Å². The average molecular weight is 296 g/mol. The van der Waals surface area contributed by atoms with E-state index in [2.05, 4.69) is 10.6 Å². The minimum absolute atomic E-state index is 0.0951. The molecule has 1 fully saturated rings. The molecule has 0 aliphatic heterocycles. The molecule has 0 aromatic carbocycles. The highest BCUT2D eigenvalue weighted by Gasteiger charge is 2.42. The molecule has 110 valence electrons. The Morgan fingerprint density at radius 1 is 1.50 bits per heavy atom. The summed E-state index contributed by atoms with van der Waals surface area (Å²) in [5, 5.41) is 16.8. The van der Waals surface area contributed by atoms with Crippen LogP contribution in [0.2, 0.25) is 0 Å². The maximum absolute atomic E-state index is 12.0. The van der Waals surface area contributed by atoms with E-state index in [0.29, 0.717) is 6.54 Å². The fourth-order valence-electron chi connectivity index (χ4n) is 2.07. The number of amides is 2. The second-order valence-electron chi connectivity index (χ2n) is 5.41. The van der Waals surface area contributed by atoms with Crippen LogP contribution in [0.1, 0.15) is 37.1 Å². The molecule has 20 heavy (non-hydrogen) atoms. The number of thiophene rings is 1. The molecule has 1 heterocycles. The molecule has 1 aliphatic carbocycles. The van der Waals surface area contributed by atoms with Crippen molar-refractivity contribution in [3.63, 3.8) is 0 Å². The molecule has 1 aliphatic rings. The Hall–Kier alpha value is -1.40. The molecule has 1 saturated carbocycles. The zero-order valence-electron chi connectivity index (χ0n) is 11.5. The summed E-state index contributed by atoms with van der Waals surface area (Å²) >= 11 is 1.52. The van der Waals surface area contributed by atoms with Crippen LogP contribution >= 0.6 is 11.3 Å². The summed E-state index contributed by atoms with van der Waals surface area (Å²) in [6, 6.07) is 3.53. The molecule has 0 bridgehead atoms. The lowest BCUT2D eigenvalue weighted by Crippen LogP contribution is -2.35. The van der Waals surface area contributed by atoms with Gasteiger partial charge in [-0.1, -0.05) is 6.07 Å². The maximum Gasteiger partial charge on any atom is 0.222 e. The predicted octanol–water partition coefficient (Wildman–Crippen LogP) is 1.20. The lowest BCUT2D eigenvalue weighted by molar-refractivity contribution is -0.123. The molecule has 0 radical (unpaired) electrons. The van der Waals surface area contributed by atoms with Gasteiger partial charge in [0.15, 0.2) is 0 Å². The van der Waals surface area contributed by atoms with E-state index < -0.39 is 0 Å². The van der Waals surface area contributed by atoms with Crippen molar-refractivity contribution >= 4 is 23.2 Å². The second kappa shape index (κ2) is 6.37. The monoisotopic (exact) mass is 296 g/mol. The molecule has 0 saturated heterocycles. The number of nitrogens with one attached hydrogen (secondary N) is 2. The standard InChI is InChI=1S/C14H20N2O3S/c1-10(18)16-11(12-3-2-6-20-12)7-13(19)15-8-14(9-17)4-5-14/h2-3,6,11,17H,4-5,7-9H2,1H3,(H,15,19)(H,16,18). The van der Waals surface area contributed by atoms with Crippen molar-refractivity contribution in [3.8, 4) is 0 Å². The number of hydrogen-bond donors (Lipinski definition) is 3. The van der Waals surface area contributed by atoms with Crippen molar-refractivity contribution in [1.82, 2.24) is 10.6 Å². The fourth-order valence-corrected chi connectivity index (χ4v) is 2.85. The van der Waals surface area contributed by atoms with Gasteiger partial charge in [-0.15, -0.1) is 11.3 Å². The van der Waals surface area contributed by atoms with Crippen molar-refractivity contribution in [2.45, 2.75) is 32.2 Å². The predicted molar refractivity (Wildman–Crippen MR) is 77.3 cm³/mol. The topological polar surface area (TPSA) is 78.4 Å². The van der Waals surface area contributed by atoms with E-state index >= 15 is 0 Å². The normalized spacial score (nSPS) is 17.3. The quantitative estimate of drug-likeness (QED) is 0.707. The third-order valence-corrected chi connectivity index (χ3v) is 4.59. The number of aliphatic hydroxyl groups is 1. The molecule has 2 amide bonds. The van der Waals surface area contributed by atoms with E-state index in [4.69, 9.17) is 0 Å². The molecule has 0 spiro atoms. The van der Waals surface area contributed by atoms with Gasteiger partial charge in [0, 0.05) is 23.8 Å². The number of aliphatic hydroxyl groups excluding tert-OH is 1. The van der Waals surface area contributed by atoms with Crippen LogP contribution in [-0.4, -0.2) is 30.1 Å². The first-order chi connectivity index (χ1) is 9.54. The lowest BCUT2D eigenvalue weighted by atomic mass is 10.1. The van der Waals surface area contributed by atoms with Gasteiger partial charge in [0.25, 0.3) is 0 Å². The van der Waals surface area contributed by atoms with Crippen molar-refractivity contribution in [3.05, 3.63) is 22.4 Å². The molecule has 1 unspecified atom stereocenters. The molecule has 5 nitrogen and oxygen atoms in total. The highest BCUT2D eigenvalue weighted by molar-refractivity contribution is 7.10. The maximum atomic E-state index is 12.0. The highest BCUT2D eigenvalue weighted by atomic mass is 32.1. The Kier molecular flexibility index (Phi) is 4.77. The van der Waals surface area contributed by atoms with Crippen LogP contribution in [0, 0.1) is 5.41 Å². The minimum Gasteiger partial charge on any atom is -0.396 e. The average Bonchev–Trinajstić information content (AvgIpc) is 2.98. The van der Waals surface area contributed by atoms with Gasteiger partial charge in [0.2, 0.25) is 11.8 Å². The lowest BCUT2D eigenvalue weighted by Gasteiger charge is -2.18. The summed E-state index contributed by atoms with van der Waals surface area (Å²) in [5.41, 5.74) is -0.0951. The molecule has 1 aromatic heterocycles. The summed E-state index contributed by atoms with van der Waals surface area (Å²) in [7, 11) is 0. The van der Waals surface area contributed by atoms with Gasteiger partial charge in [0.1, 0.15) is 0 Å². The van der Waals surface area contributed by atoms with Crippen LogP contribution in [0.4, 0.5) is 0 Å². The van der Waals surface area contributed by atoms with Crippen molar-refractivity contribution < 1.29 is 14.7 Å². The molecule has 1 atom stereocenters. The largest absolute Gasteiger partial charge is 0.396 e. The Bertz CT molecular complexity index is 469. The van der Waals surface area contributed by atoms with E-state index in [-0.39, 0.29) is 36.3 Å². The van der Waals surface area contributed by atoms with Crippen molar-refractivity contribution in [2.24, 2.45) is 5.41 Å². The third kappa shape index (κ3) is 4.05. The van der Waals surface area contributed by atoms with Crippen molar-refractivity contribution in [1.29, 1.82) is 0 Å². The Balaban J connectivity index is 1.87. The van der Waals surface area contributed by atoms with Gasteiger partial charge in [-0.05, 0) is 24.3 Å². The van der Waals surface area contributed by atoms with Crippen LogP contribution < -0.4 is 10.6 Å². The summed E-state index contributed by atoms with van der Waals surface area (Å²) in [6.07, 6.45) is 2.15. The molecule has 6 heteroatoms. The van der Waals surface area contributed by atoms with Gasteiger partial charge in [-0.2, -0.15) is 0 Å². The zero-order chi connectivity index (χ0) is 14.6. The van der Waals surface area contributed by atoms with Crippen LogP contribution in [0.3, 0.4) is 0 Å². The molecular weight excluding hydrogens is 276 g/mol. The van der Waals surface area contributed by atoms with E-state index in [1.807, 2.05) is 17.5 Å². The highest BCUT2D eigenvalue weighted by Crippen LogP contribution is 2.44. The minimum atomic E-state index is -0.281. The van der Waals surface area contributed by atoms with Crippen LogP contribution in [0.25, 0.3) is 0 Å². The number of carbonyl (C=O) groups excluding carboxylic acids is 2. The van der Waals surface area contributed by atoms with E-state index in [1.165, 1.54) is 18.3 Å². The third-order valence-electron chi connectivity index (χ3n) is 3.61. The van der Waals surface area contributed by atoms with Crippen LogP contribution in [0.15, 0.2) is 17.5 Å². The number of hydrogen-bond acceptors (Lipinski definition) is 4. The van der Waals surface area contributed by atoms with Gasteiger partial charge in [-0.25, -0.2) is 0 Å². The van der Waals surface area contributed by atoms with Gasteiger partial charge in [0.05, 0.1) is 19.1 Å². The van der Waals surface area contributed by atoms with E-state index in [1.54, 1.807) is 0 Å². The summed E-state index contributed by atoms with van der Waals surface area (Å²) < 4.78 is 0. The zero-order valence-corrected chi connectivity index (χ0v) is 12.3. The fraction of sp³-hybridized carbons (Fsp3) is 0.571. The summed E-state index contributed by atoms with van der Waals surface area (Å²) in [5.74, 6) is -0.248. The first kappa shape index (κ1) is 15.0. The SMILES string of the molecule is CC(=O)NC(CC(=O)NCC1(CO)CC1)c1cccs1. The molecular formula is C14H20N2O3S. The second-order valence-corrected chi connectivity index (χ2v) is 6.39. The summed E-state index contributed by atoms with van der Waals surface area (Å²) in [4.78, 5) is 24.2. The summed E-state index contributed by atoms with van der Waals surface area (Å²) in [6.45, 7) is 2.08. The number of rotatable bonds is 7. The first-order valence-corrected chi connectivity index (χ1v) is 7.61. The van der Waals surface area contributed by atoms with Crippen molar-refractivity contribution in [2.75, 3.05) is 13.2 Å². The van der Waals surface area contributed by atoms with Gasteiger partial charge in [-0.3, -0.25) is 9.59 Å². The molecule has 2 rings (SSSR count). The Morgan fingerprint density at radius 2 is 2.25 bits per heavy atom. The Labute approximate surface area is 122 Å². The van der Waals surface area contributed by atoms with E-state index in [9.17, 15) is 14.7 Å². The smallest absolute Gasteiger partial charge is 0.222 e. The van der Waals surface area contributed by atoms with Gasteiger partial charge >= 0.3 is 0 Å².